The van der Waals surface area contributed by atoms with E-state index in [-0.39, 0.29) is 16.9 Å². The first-order chi connectivity index (χ1) is 18.5. The minimum atomic E-state index is -0.635. The predicted molar refractivity (Wildman–Crippen MR) is 149 cm³/mol. The maximum Gasteiger partial charge on any atom is 0.281 e. The number of benzene rings is 3. The molecule has 0 bridgehead atoms. The second-order valence-corrected chi connectivity index (χ2v) is 8.74. The highest BCUT2D eigenvalue weighted by molar-refractivity contribution is 6.50. The van der Waals surface area contributed by atoms with Gasteiger partial charge in [0.05, 0.1) is 12.3 Å². The van der Waals surface area contributed by atoms with E-state index in [1.165, 1.54) is 7.05 Å². The molecule has 0 atom stereocenters. The fraction of sp³-hybridized carbons (Fsp3) is 0.200. The van der Waals surface area contributed by atoms with Crippen LogP contribution in [-0.2, 0) is 9.59 Å². The lowest BCUT2D eigenvalue weighted by molar-refractivity contribution is -0.136. The van der Waals surface area contributed by atoms with Crippen LogP contribution in [0.3, 0.4) is 0 Å². The summed E-state index contributed by atoms with van der Waals surface area (Å²) in [6.07, 6.45) is 1.85. The number of para-hydroxylation sites is 2. The van der Waals surface area contributed by atoms with Crippen LogP contribution in [-0.4, -0.2) is 36.1 Å². The van der Waals surface area contributed by atoms with Gasteiger partial charge in [0.1, 0.15) is 17.4 Å². The van der Waals surface area contributed by atoms with Gasteiger partial charge in [0.2, 0.25) is 0 Å². The van der Waals surface area contributed by atoms with Crippen LogP contribution in [0.4, 0.5) is 22.7 Å². The molecule has 1 heterocycles. The molecule has 0 saturated heterocycles. The number of rotatable bonds is 9. The fourth-order valence-electron chi connectivity index (χ4n) is 4.03. The normalized spacial score (nSPS) is 14.5. The van der Waals surface area contributed by atoms with Gasteiger partial charge in [0, 0.05) is 35.7 Å². The van der Waals surface area contributed by atoms with Crippen LogP contribution in [0.2, 0.25) is 0 Å². The summed E-state index contributed by atoms with van der Waals surface area (Å²) in [6.45, 7) is 4.14. The number of nitriles is 1. The summed E-state index contributed by atoms with van der Waals surface area (Å²) < 4.78 is 6.14. The average Bonchev–Trinajstić information content (AvgIpc) is 2.94. The molecule has 0 spiro atoms. The molecule has 1 aliphatic rings. The quantitative estimate of drug-likeness (QED) is 0.219. The van der Waals surface area contributed by atoms with Crippen molar-refractivity contribution >= 4 is 40.3 Å². The Morgan fingerprint density at radius 1 is 0.947 bits per heavy atom. The molecule has 4 rings (SSSR count). The highest BCUT2D eigenvalue weighted by Gasteiger charge is 2.34. The maximum atomic E-state index is 12.7. The first kappa shape index (κ1) is 26.2. The molecule has 1 aliphatic heterocycles. The Hall–Kier alpha value is -4.90. The molecule has 0 fully saturated rings. The SMILES string of the molecule is CCCCOc1cc(N(c2ccccc2)c2ccccc2)ccc1N/N=C1\C(=O)N(C)C(=O)C(C#N)=C1C. The van der Waals surface area contributed by atoms with Crippen molar-refractivity contribution in [2.24, 2.45) is 5.10 Å². The summed E-state index contributed by atoms with van der Waals surface area (Å²) >= 11 is 0. The minimum absolute atomic E-state index is 0.00225. The molecule has 8 heteroatoms. The molecule has 3 aromatic carbocycles. The number of hydrogen-bond acceptors (Lipinski definition) is 7. The Bertz CT molecular complexity index is 1390. The van der Waals surface area contributed by atoms with E-state index in [1.807, 2.05) is 84.9 Å². The van der Waals surface area contributed by atoms with Crippen LogP contribution in [0.25, 0.3) is 0 Å². The van der Waals surface area contributed by atoms with Crippen molar-refractivity contribution in [2.75, 3.05) is 24.0 Å². The standard InChI is InChI=1S/C30H29N5O3/c1-4-5-18-38-27-19-24(35(22-12-8-6-9-13-22)23-14-10-7-11-15-23)16-17-26(27)32-33-28-21(2)25(20-31)29(36)34(3)30(28)37/h6-17,19,32H,4-5,18H2,1-3H3/b33-28-. The first-order valence-electron chi connectivity index (χ1n) is 12.4. The van der Waals surface area contributed by atoms with E-state index >= 15 is 0 Å². The third-order valence-electron chi connectivity index (χ3n) is 6.16. The summed E-state index contributed by atoms with van der Waals surface area (Å²) in [5.41, 5.74) is 6.48. The fourth-order valence-corrected chi connectivity index (χ4v) is 4.03. The zero-order valence-electron chi connectivity index (χ0n) is 21.6. The lowest BCUT2D eigenvalue weighted by Gasteiger charge is -2.26. The number of nitrogens with zero attached hydrogens (tertiary/aromatic N) is 4. The number of ether oxygens (including phenoxy) is 1. The third-order valence-corrected chi connectivity index (χ3v) is 6.16. The van der Waals surface area contributed by atoms with Gasteiger partial charge in [0.25, 0.3) is 11.8 Å². The van der Waals surface area contributed by atoms with E-state index in [1.54, 1.807) is 6.92 Å². The number of carbonyl (C=O) groups is 2. The van der Waals surface area contributed by atoms with Crippen LogP contribution in [0.1, 0.15) is 26.7 Å². The van der Waals surface area contributed by atoms with Crippen molar-refractivity contribution in [3.05, 3.63) is 90.0 Å². The number of amides is 2. The number of anilines is 4. The number of hydrogen-bond donors (Lipinski definition) is 1. The topological polar surface area (TPSA) is 98.0 Å². The number of hydrazone groups is 1. The number of carbonyl (C=O) groups excluding carboxylic acids is 2. The molecule has 192 valence electrons. The Kier molecular flexibility index (Phi) is 8.19. The van der Waals surface area contributed by atoms with Gasteiger partial charge in [-0.15, -0.1) is 0 Å². The lowest BCUT2D eigenvalue weighted by Crippen LogP contribution is -2.44. The van der Waals surface area contributed by atoms with E-state index < -0.39 is 11.8 Å². The monoisotopic (exact) mass is 507 g/mol. The molecule has 0 radical (unpaired) electrons. The summed E-state index contributed by atoms with van der Waals surface area (Å²) in [5, 5.41) is 13.7. The Balaban J connectivity index is 1.75. The smallest absolute Gasteiger partial charge is 0.281 e. The van der Waals surface area contributed by atoms with Crippen LogP contribution in [0, 0.1) is 11.3 Å². The average molecular weight is 508 g/mol. The molecular weight excluding hydrogens is 478 g/mol. The maximum absolute atomic E-state index is 12.7. The summed E-state index contributed by atoms with van der Waals surface area (Å²) in [5.74, 6) is -0.654. The highest BCUT2D eigenvalue weighted by atomic mass is 16.5. The molecule has 0 unspecified atom stereocenters. The molecular formula is C30H29N5O3. The molecule has 38 heavy (non-hydrogen) atoms. The van der Waals surface area contributed by atoms with Gasteiger partial charge in [-0.2, -0.15) is 10.4 Å². The molecule has 2 amide bonds. The van der Waals surface area contributed by atoms with Crippen molar-refractivity contribution in [1.29, 1.82) is 5.26 Å². The van der Waals surface area contributed by atoms with Crippen LogP contribution in [0.15, 0.2) is 95.1 Å². The van der Waals surface area contributed by atoms with Gasteiger partial charge < -0.3 is 9.64 Å². The van der Waals surface area contributed by atoms with Crippen molar-refractivity contribution in [1.82, 2.24) is 4.90 Å². The third kappa shape index (κ3) is 5.42. The second-order valence-electron chi connectivity index (χ2n) is 8.74. The Morgan fingerprint density at radius 2 is 1.58 bits per heavy atom. The van der Waals surface area contributed by atoms with Gasteiger partial charge in [0.15, 0.2) is 5.71 Å². The molecule has 0 aromatic heterocycles. The number of likely N-dealkylation sites (N-methyl/N-ethyl adjacent to an activating group) is 1. The van der Waals surface area contributed by atoms with Crippen LogP contribution >= 0.6 is 0 Å². The molecule has 1 N–H and O–H groups in total. The van der Waals surface area contributed by atoms with E-state index in [4.69, 9.17) is 4.74 Å². The summed E-state index contributed by atoms with van der Waals surface area (Å²) in [4.78, 5) is 28.0. The van der Waals surface area contributed by atoms with Gasteiger partial charge in [-0.1, -0.05) is 49.7 Å². The van der Waals surface area contributed by atoms with Gasteiger partial charge in [-0.05, 0) is 49.7 Å². The zero-order valence-corrected chi connectivity index (χ0v) is 21.6. The van der Waals surface area contributed by atoms with Crippen molar-refractivity contribution in [3.8, 4) is 11.8 Å². The number of unbranched alkanes of at least 4 members (excludes halogenated alkanes) is 1. The van der Waals surface area contributed by atoms with Crippen molar-refractivity contribution < 1.29 is 14.3 Å². The van der Waals surface area contributed by atoms with Gasteiger partial charge in [-0.25, -0.2) is 0 Å². The van der Waals surface area contributed by atoms with Gasteiger partial charge >= 0.3 is 0 Å². The molecule has 3 aromatic rings. The highest BCUT2D eigenvalue weighted by Crippen LogP contribution is 2.38. The lowest BCUT2D eigenvalue weighted by atomic mass is 10.00. The molecule has 0 saturated carbocycles. The van der Waals surface area contributed by atoms with Crippen LogP contribution < -0.4 is 15.1 Å². The second kappa shape index (κ2) is 11.9. The van der Waals surface area contributed by atoms with E-state index in [0.29, 0.717) is 18.0 Å². The first-order valence-corrected chi connectivity index (χ1v) is 12.4. The van der Waals surface area contributed by atoms with Gasteiger partial charge in [-0.3, -0.25) is 19.9 Å². The van der Waals surface area contributed by atoms with Crippen molar-refractivity contribution in [3.63, 3.8) is 0 Å². The number of imide groups is 1. The van der Waals surface area contributed by atoms with E-state index in [2.05, 4.69) is 22.4 Å². The van der Waals surface area contributed by atoms with E-state index in [9.17, 15) is 14.9 Å². The number of nitrogens with one attached hydrogen (secondary N) is 1. The van der Waals surface area contributed by atoms with E-state index in [0.717, 1.165) is 34.8 Å². The van der Waals surface area contributed by atoms with Crippen molar-refractivity contribution in [2.45, 2.75) is 26.7 Å². The zero-order chi connectivity index (χ0) is 27.1. The largest absolute Gasteiger partial charge is 0.491 e. The Labute approximate surface area is 222 Å². The minimum Gasteiger partial charge on any atom is -0.491 e. The summed E-state index contributed by atoms with van der Waals surface area (Å²) in [7, 11) is 1.33. The summed E-state index contributed by atoms with van der Waals surface area (Å²) in [6, 6.07) is 27.7. The molecule has 0 aliphatic carbocycles. The molecule has 8 nitrogen and oxygen atoms in total. The van der Waals surface area contributed by atoms with Crippen LogP contribution in [0.5, 0.6) is 5.75 Å². The Morgan fingerprint density at radius 3 is 2.16 bits per heavy atom. The predicted octanol–water partition coefficient (Wildman–Crippen LogP) is 5.94.